The van der Waals surface area contributed by atoms with Crippen LogP contribution in [0.25, 0.3) is 0 Å². The molecule has 0 spiro atoms. The third-order valence-electron chi connectivity index (χ3n) is 3.03. The minimum absolute atomic E-state index is 0.00595. The number of aryl methyl sites for hydroxylation is 1. The van der Waals surface area contributed by atoms with Crippen LogP contribution in [0.1, 0.15) is 23.0 Å². The Hall–Kier alpha value is -2.51. The van der Waals surface area contributed by atoms with E-state index in [1.165, 1.54) is 24.3 Å². The molecule has 1 heterocycles. The molecular weight excluding hydrogens is 311 g/mol. The number of amides is 1. The van der Waals surface area contributed by atoms with Crippen LogP contribution >= 0.6 is 0 Å². The first-order chi connectivity index (χ1) is 10.9. The number of rotatable bonds is 6. The van der Waals surface area contributed by atoms with Gasteiger partial charge in [-0.3, -0.25) is 9.48 Å². The van der Waals surface area contributed by atoms with Gasteiger partial charge < -0.3 is 10.1 Å². The van der Waals surface area contributed by atoms with Gasteiger partial charge in [0.25, 0.3) is 5.91 Å². The van der Waals surface area contributed by atoms with E-state index in [4.69, 9.17) is 0 Å². The largest absolute Gasteiger partial charge is 0.484 e. The van der Waals surface area contributed by atoms with Crippen molar-refractivity contribution in [1.29, 1.82) is 0 Å². The summed E-state index contributed by atoms with van der Waals surface area (Å²) in [5.74, 6) is -0.403. The van der Waals surface area contributed by atoms with Gasteiger partial charge in [0.05, 0.1) is 12.2 Å². The van der Waals surface area contributed by atoms with E-state index >= 15 is 0 Å². The van der Waals surface area contributed by atoms with Gasteiger partial charge in [-0.2, -0.15) is 18.3 Å². The van der Waals surface area contributed by atoms with E-state index in [1.807, 2.05) is 6.92 Å². The third kappa shape index (κ3) is 5.01. The molecule has 0 atom stereocenters. The zero-order valence-corrected chi connectivity index (χ0v) is 12.4. The number of halogens is 3. The first-order valence-corrected chi connectivity index (χ1v) is 6.97. The molecule has 0 aliphatic rings. The van der Waals surface area contributed by atoms with Crippen molar-refractivity contribution < 1.29 is 22.7 Å². The van der Waals surface area contributed by atoms with E-state index in [-0.39, 0.29) is 17.9 Å². The Bertz CT molecular complexity index is 668. The summed E-state index contributed by atoms with van der Waals surface area (Å²) in [6.07, 6.45) is -2.78. The fourth-order valence-corrected chi connectivity index (χ4v) is 1.96. The van der Waals surface area contributed by atoms with E-state index in [9.17, 15) is 18.0 Å². The molecule has 1 aromatic carbocycles. The first-order valence-electron chi connectivity index (χ1n) is 6.97. The number of aromatic nitrogens is 2. The Morgan fingerprint density at radius 1 is 1.35 bits per heavy atom. The van der Waals surface area contributed by atoms with Crippen molar-refractivity contribution in [2.45, 2.75) is 26.2 Å². The van der Waals surface area contributed by atoms with E-state index in [0.29, 0.717) is 6.54 Å². The van der Waals surface area contributed by atoms with E-state index < -0.39 is 18.7 Å². The number of benzene rings is 1. The second kappa shape index (κ2) is 7.17. The fraction of sp³-hybridized carbons (Fsp3) is 0.333. The minimum Gasteiger partial charge on any atom is -0.484 e. The number of carbonyl (C=O) groups is 1. The molecule has 1 amide bonds. The Balaban J connectivity index is 1.97. The maximum Gasteiger partial charge on any atom is 0.422 e. The predicted molar refractivity (Wildman–Crippen MR) is 77.1 cm³/mol. The molecule has 5 nitrogen and oxygen atoms in total. The molecule has 2 rings (SSSR count). The molecule has 0 radical (unpaired) electrons. The summed E-state index contributed by atoms with van der Waals surface area (Å²) in [7, 11) is 0. The van der Waals surface area contributed by atoms with Crippen LogP contribution in [0.2, 0.25) is 0 Å². The van der Waals surface area contributed by atoms with Crippen LogP contribution in [0.4, 0.5) is 13.2 Å². The maximum absolute atomic E-state index is 12.1. The normalized spacial score (nSPS) is 11.3. The summed E-state index contributed by atoms with van der Waals surface area (Å²) >= 11 is 0. The molecule has 0 saturated carbocycles. The lowest BCUT2D eigenvalue weighted by Crippen LogP contribution is -2.24. The molecule has 0 aliphatic heterocycles. The Kier molecular flexibility index (Phi) is 5.25. The molecule has 0 aliphatic carbocycles. The Morgan fingerprint density at radius 2 is 2.13 bits per heavy atom. The van der Waals surface area contributed by atoms with Gasteiger partial charge in [0.15, 0.2) is 6.61 Å². The smallest absolute Gasteiger partial charge is 0.422 e. The van der Waals surface area contributed by atoms with Crippen LogP contribution in [0.3, 0.4) is 0 Å². The molecule has 0 saturated heterocycles. The lowest BCUT2D eigenvalue weighted by atomic mass is 10.2. The topological polar surface area (TPSA) is 56.2 Å². The summed E-state index contributed by atoms with van der Waals surface area (Å²) in [5, 5.41) is 6.78. The van der Waals surface area contributed by atoms with Crippen LogP contribution in [0.15, 0.2) is 36.5 Å². The Labute approximate surface area is 131 Å². The van der Waals surface area contributed by atoms with E-state index in [1.54, 1.807) is 16.9 Å². The summed E-state index contributed by atoms with van der Waals surface area (Å²) in [6.45, 7) is 1.49. The molecular formula is C15H16F3N3O2. The van der Waals surface area contributed by atoms with Gasteiger partial charge in [-0.05, 0) is 31.2 Å². The first kappa shape index (κ1) is 16.9. The van der Waals surface area contributed by atoms with Crippen LogP contribution in [0, 0.1) is 0 Å². The molecule has 0 unspecified atom stereocenters. The lowest BCUT2D eigenvalue weighted by molar-refractivity contribution is -0.153. The van der Waals surface area contributed by atoms with Crippen molar-refractivity contribution in [1.82, 2.24) is 15.1 Å². The van der Waals surface area contributed by atoms with Crippen LogP contribution in [0.5, 0.6) is 5.75 Å². The average molecular weight is 327 g/mol. The van der Waals surface area contributed by atoms with Gasteiger partial charge in [-0.1, -0.05) is 6.07 Å². The van der Waals surface area contributed by atoms with Crippen molar-refractivity contribution >= 4 is 5.91 Å². The molecule has 8 heteroatoms. The number of hydrogen-bond acceptors (Lipinski definition) is 3. The number of ether oxygens (including phenoxy) is 1. The van der Waals surface area contributed by atoms with E-state index in [2.05, 4.69) is 15.2 Å². The summed E-state index contributed by atoms with van der Waals surface area (Å²) < 4.78 is 42.8. The highest BCUT2D eigenvalue weighted by atomic mass is 19.4. The second-order valence-electron chi connectivity index (χ2n) is 4.75. The minimum atomic E-state index is -4.42. The number of alkyl halides is 3. The number of carbonyl (C=O) groups excluding carboxylic acids is 1. The molecule has 124 valence electrons. The third-order valence-corrected chi connectivity index (χ3v) is 3.03. The standard InChI is InChI=1S/C15H16F3N3O2/c1-2-21-12(6-7-20-21)9-19-14(22)11-4-3-5-13(8-11)23-10-15(16,17)18/h3-8H,2,9-10H2,1H3,(H,19,22). The van der Waals surface area contributed by atoms with E-state index in [0.717, 1.165) is 5.69 Å². The highest BCUT2D eigenvalue weighted by molar-refractivity contribution is 5.94. The highest BCUT2D eigenvalue weighted by Crippen LogP contribution is 2.19. The monoisotopic (exact) mass is 327 g/mol. The SMILES string of the molecule is CCn1nccc1CNC(=O)c1cccc(OCC(F)(F)F)c1. The molecule has 1 N–H and O–H groups in total. The van der Waals surface area contributed by atoms with Crippen molar-refractivity contribution in [3.63, 3.8) is 0 Å². The van der Waals surface area contributed by atoms with Gasteiger partial charge in [0.2, 0.25) is 0 Å². The zero-order chi connectivity index (χ0) is 16.9. The van der Waals surface area contributed by atoms with Crippen molar-refractivity contribution in [2.24, 2.45) is 0 Å². The van der Waals surface area contributed by atoms with Crippen LogP contribution in [-0.2, 0) is 13.1 Å². The van der Waals surface area contributed by atoms with Crippen molar-refractivity contribution in [3.8, 4) is 5.75 Å². The van der Waals surface area contributed by atoms with Gasteiger partial charge in [-0.15, -0.1) is 0 Å². The molecule has 0 bridgehead atoms. The quantitative estimate of drug-likeness (QED) is 0.887. The highest BCUT2D eigenvalue weighted by Gasteiger charge is 2.28. The van der Waals surface area contributed by atoms with Crippen molar-refractivity contribution in [2.75, 3.05) is 6.61 Å². The van der Waals surface area contributed by atoms with Gasteiger partial charge >= 0.3 is 6.18 Å². The van der Waals surface area contributed by atoms with Crippen LogP contribution in [-0.4, -0.2) is 28.5 Å². The summed E-state index contributed by atoms with van der Waals surface area (Å²) in [6, 6.07) is 7.41. The van der Waals surface area contributed by atoms with Gasteiger partial charge in [-0.25, -0.2) is 0 Å². The number of nitrogens with zero attached hydrogens (tertiary/aromatic N) is 2. The second-order valence-corrected chi connectivity index (χ2v) is 4.75. The summed E-state index contributed by atoms with van der Waals surface area (Å²) in [5.41, 5.74) is 1.07. The summed E-state index contributed by atoms with van der Waals surface area (Å²) in [4.78, 5) is 12.1. The lowest BCUT2D eigenvalue weighted by Gasteiger charge is -2.11. The van der Waals surface area contributed by atoms with Gasteiger partial charge in [0, 0.05) is 18.3 Å². The maximum atomic E-state index is 12.1. The number of hydrogen-bond donors (Lipinski definition) is 1. The zero-order valence-electron chi connectivity index (χ0n) is 12.4. The number of nitrogens with one attached hydrogen (secondary N) is 1. The fourth-order valence-electron chi connectivity index (χ4n) is 1.96. The Morgan fingerprint density at radius 3 is 2.83 bits per heavy atom. The predicted octanol–water partition coefficient (Wildman–Crippen LogP) is 2.77. The van der Waals surface area contributed by atoms with Crippen molar-refractivity contribution in [3.05, 3.63) is 47.8 Å². The molecule has 2 aromatic rings. The van der Waals surface area contributed by atoms with Gasteiger partial charge in [0.1, 0.15) is 5.75 Å². The molecule has 1 aromatic heterocycles. The van der Waals surface area contributed by atoms with Crippen LogP contribution < -0.4 is 10.1 Å². The molecule has 0 fully saturated rings. The average Bonchev–Trinajstić information content (AvgIpc) is 2.97. The molecule has 23 heavy (non-hydrogen) atoms.